The number of unbranched alkanes of at least 4 members (excludes halogenated alkanes) is 1. The molecule has 0 unspecified atom stereocenters. The van der Waals surface area contributed by atoms with Crippen molar-refractivity contribution >= 4 is 0 Å². The monoisotopic (exact) mass is 239 g/mol. The highest BCUT2D eigenvalue weighted by atomic mass is 16.5. The molecular formula is C13H21NO3. The van der Waals surface area contributed by atoms with Gasteiger partial charge in [-0.2, -0.15) is 0 Å². The van der Waals surface area contributed by atoms with Crippen LogP contribution in [0, 0.1) is 0 Å². The first-order chi connectivity index (χ1) is 8.19. The molecule has 0 radical (unpaired) electrons. The molecule has 0 spiro atoms. The largest absolute Gasteiger partial charge is 0.497 e. The molecule has 0 aliphatic carbocycles. The summed E-state index contributed by atoms with van der Waals surface area (Å²) < 4.78 is 10.8. The van der Waals surface area contributed by atoms with E-state index in [1.165, 1.54) is 0 Å². The van der Waals surface area contributed by atoms with E-state index in [9.17, 15) is 0 Å². The van der Waals surface area contributed by atoms with E-state index in [2.05, 4.69) is 0 Å². The molecule has 17 heavy (non-hydrogen) atoms. The molecule has 96 valence electrons. The first-order valence-corrected chi connectivity index (χ1v) is 5.86. The van der Waals surface area contributed by atoms with Crippen molar-refractivity contribution in [3.8, 4) is 11.5 Å². The van der Waals surface area contributed by atoms with E-state index in [0.717, 1.165) is 29.9 Å². The zero-order valence-corrected chi connectivity index (χ0v) is 10.5. The van der Waals surface area contributed by atoms with Gasteiger partial charge in [0.15, 0.2) is 0 Å². The van der Waals surface area contributed by atoms with E-state index < -0.39 is 0 Å². The Kier molecular flexibility index (Phi) is 5.80. The molecule has 3 N–H and O–H groups in total. The Balaban J connectivity index is 2.71. The van der Waals surface area contributed by atoms with Crippen LogP contribution >= 0.6 is 0 Å². The molecular weight excluding hydrogens is 218 g/mol. The van der Waals surface area contributed by atoms with Crippen LogP contribution in [0.1, 0.15) is 31.4 Å². The highest BCUT2D eigenvalue weighted by Gasteiger charge is 2.09. The Bertz CT molecular complexity index is 339. The Morgan fingerprint density at radius 1 is 1.35 bits per heavy atom. The standard InChI is InChI=1S/C13H21NO3/c1-10(14)12-6-5-11(16-2)9-13(12)17-8-4-3-7-15/h5-6,9-10,15H,3-4,7-8,14H2,1-2H3/t10-/m1/s1. The number of hydrogen-bond donors (Lipinski definition) is 2. The molecule has 0 saturated carbocycles. The molecule has 0 saturated heterocycles. The molecule has 1 aromatic rings. The average Bonchev–Trinajstić information content (AvgIpc) is 2.34. The molecule has 4 heteroatoms. The third kappa shape index (κ3) is 4.24. The number of rotatable bonds is 7. The molecule has 4 nitrogen and oxygen atoms in total. The molecule has 0 aliphatic heterocycles. The number of nitrogens with two attached hydrogens (primary N) is 1. The maximum atomic E-state index is 8.69. The van der Waals surface area contributed by atoms with Crippen LogP contribution in [0.3, 0.4) is 0 Å². The van der Waals surface area contributed by atoms with Crippen molar-refractivity contribution < 1.29 is 14.6 Å². The van der Waals surface area contributed by atoms with Crippen LogP contribution in [0.5, 0.6) is 11.5 Å². The first kappa shape index (κ1) is 13.8. The molecule has 0 aromatic heterocycles. The van der Waals surface area contributed by atoms with Gasteiger partial charge < -0.3 is 20.3 Å². The van der Waals surface area contributed by atoms with Gasteiger partial charge in [-0.25, -0.2) is 0 Å². The van der Waals surface area contributed by atoms with Crippen molar-refractivity contribution in [1.82, 2.24) is 0 Å². The fourth-order valence-electron chi connectivity index (χ4n) is 1.54. The van der Waals surface area contributed by atoms with Crippen LogP contribution in [-0.4, -0.2) is 25.4 Å². The zero-order chi connectivity index (χ0) is 12.7. The first-order valence-electron chi connectivity index (χ1n) is 5.86. The fourth-order valence-corrected chi connectivity index (χ4v) is 1.54. The predicted octanol–water partition coefficient (Wildman–Crippen LogP) is 1.87. The van der Waals surface area contributed by atoms with E-state index in [4.69, 9.17) is 20.3 Å². The van der Waals surface area contributed by atoms with Gasteiger partial charge in [0, 0.05) is 24.3 Å². The van der Waals surface area contributed by atoms with Crippen molar-refractivity contribution in [3.05, 3.63) is 23.8 Å². The smallest absolute Gasteiger partial charge is 0.127 e. The normalized spacial score (nSPS) is 12.2. The van der Waals surface area contributed by atoms with Gasteiger partial charge in [0.25, 0.3) is 0 Å². The number of hydrogen-bond acceptors (Lipinski definition) is 4. The zero-order valence-electron chi connectivity index (χ0n) is 10.5. The lowest BCUT2D eigenvalue weighted by atomic mass is 10.1. The number of ether oxygens (including phenoxy) is 2. The molecule has 0 aliphatic rings. The minimum absolute atomic E-state index is 0.0752. The molecule has 1 atom stereocenters. The summed E-state index contributed by atoms with van der Waals surface area (Å²) in [5, 5.41) is 8.69. The average molecular weight is 239 g/mol. The van der Waals surface area contributed by atoms with E-state index in [-0.39, 0.29) is 12.6 Å². The van der Waals surface area contributed by atoms with Gasteiger partial charge in [-0.15, -0.1) is 0 Å². The maximum Gasteiger partial charge on any atom is 0.127 e. The lowest BCUT2D eigenvalue weighted by molar-refractivity contribution is 0.251. The number of methoxy groups -OCH3 is 1. The summed E-state index contributed by atoms with van der Waals surface area (Å²) in [6.07, 6.45) is 1.57. The molecule has 1 rings (SSSR count). The van der Waals surface area contributed by atoms with Crippen LogP contribution in [0.2, 0.25) is 0 Å². The summed E-state index contributed by atoms with van der Waals surface area (Å²) in [6.45, 7) is 2.69. The van der Waals surface area contributed by atoms with Crippen LogP contribution in [0.25, 0.3) is 0 Å². The number of aliphatic hydroxyl groups excluding tert-OH is 1. The maximum absolute atomic E-state index is 8.69. The van der Waals surface area contributed by atoms with Gasteiger partial charge in [0.05, 0.1) is 13.7 Å². The molecule has 0 amide bonds. The van der Waals surface area contributed by atoms with Crippen molar-refractivity contribution in [1.29, 1.82) is 0 Å². The molecule has 0 fully saturated rings. The van der Waals surface area contributed by atoms with Crippen LogP contribution < -0.4 is 15.2 Å². The van der Waals surface area contributed by atoms with E-state index >= 15 is 0 Å². The predicted molar refractivity (Wildman–Crippen MR) is 67.4 cm³/mol. The van der Waals surface area contributed by atoms with Crippen molar-refractivity contribution in [2.45, 2.75) is 25.8 Å². The quantitative estimate of drug-likeness (QED) is 0.713. The van der Waals surface area contributed by atoms with E-state index in [1.807, 2.05) is 25.1 Å². The second kappa shape index (κ2) is 7.14. The lowest BCUT2D eigenvalue weighted by Crippen LogP contribution is -2.09. The van der Waals surface area contributed by atoms with Crippen LogP contribution in [0.4, 0.5) is 0 Å². The molecule has 1 aromatic carbocycles. The van der Waals surface area contributed by atoms with Gasteiger partial charge in [-0.3, -0.25) is 0 Å². The summed E-state index contributed by atoms with van der Waals surface area (Å²) in [4.78, 5) is 0. The lowest BCUT2D eigenvalue weighted by Gasteiger charge is -2.15. The minimum Gasteiger partial charge on any atom is -0.497 e. The SMILES string of the molecule is COc1ccc([C@@H](C)N)c(OCCCCO)c1. The van der Waals surface area contributed by atoms with Gasteiger partial charge >= 0.3 is 0 Å². The van der Waals surface area contributed by atoms with E-state index in [1.54, 1.807) is 7.11 Å². The van der Waals surface area contributed by atoms with Gasteiger partial charge in [-0.05, 0) is 25.8 Å². The number of aliphatic hydroxyl groups is 1. The minimum atomic E-state index is -0.0752. The molecule has 0 heterocycles. The van der Waals surface area contributed by atoms with Crippen molar-refractivity contribution in [2.24, 2.45) is 5.73 Å². The van der Waals surface area contributed by atoms with Crippen LogP contribution in [-0.2, 0) is 0 Å². The van der Waals surface area contributed by atoms with Gasteiger partial charge in [0.2, 0.25) is 0 Å². The second-order valence-corrected chi connectivity index (χ2v) is 3.97. The topological polar surface area (TPSA) is 64.7 Å². The summed E-state index contributed by atoms with van der Waals surface area (Å²) in [7, 11) is 1.62. The van der Waals surface area contributed by atoms with Gasteiger partial charge in [-0.1, -0.05) is 6.07 Å². The Morgan fingerprint density at radius 2 is 2.12 bits per heavy atom. The summed E-state index contributed by atoms with van der Waals surface area (Å²) in [6, 6.07) is 5.57. The highest BCUT2D eigenvalue weighted by Crippen LogP contribution is 2.28. The summed E-state index contributed by atoms with van der Waals surface area (Å²) in [5.74, 6) is 1.52. The van der Waals surface area contributed by atoms with Crippen molar-refractivity contribution in [3.63, 3.8) is 0 Å². The Morgan fingerprint density at radius 3 is 2.71 bits per heavy atom. The summed E-state index contributed by atoms with van der Waals surface area (Å²) in [5.41, 5.74) is 6.84. The third-order valence-electron chi connectivity index (χ3n) is 2.52. The van der Waals surface area contributed by atoms with E-state index in [0.29, 0.717) is 6.61 Å². The third-order valence-corrected chi connectivity index (χ3v) is 2.52. The Hall–Kier alpha value is -1.26. The number of benzene rings is 1. The molecule has 0 bridgehead atoms. The van der Waals surface area contributed by atoms with Gasteiger partial charge in [0.1, 0.15) is 11.5 Å². The fraction of sp³-hybridized carbons (Fsp3) is 0.538. The van der Waals surface area contributed by atoms with Crippen molar-refractivity contribution in [2.75, 3.05) is 20.3 Å². The Labute approximate surface area is 102 Å². The summed E-state index contributed by atoms with van der Waals surface area (Å²) >= 11 is 0. The highest BCUT2D eigenvalue weighted by molar-refractivity contribution is 5.42. The second-order valence-electron chi connectivity index (χ2n) is 3.97. The van der Waals surface area contributed by atoms with Crippen LogP contribution in [0.15, 0.2) is 18.2 Å².